The van der Waals surface area contributed by atoms with Gasteiger partial charge in [0.25, 0.3) is 0 Å². The molecule has 1 heterocycles. The van der Waals surface area contributed by atoms with Gasteiger partial charge in [-0.1, -0.05) is 17.4 Å². The minimum Gasteiger partial charge on any atom is -0.392 e. The van der Waals surface area contributed by atoms with Crippen molar-refractivity contribution in [1.82, 2.24) is 14.9 Å². The first-order valence-electron chi connectivity index (χ1n) is 3.96. The maximum Gasteiger partial charge on any atom is 0.221 e. The second-order valence-electron chi connectivity index (χ2n) is 2.76. The van der Waals surface area contributed by atoms with E-state index in [0.29, 0.717) is 0 Å². The Labute approximate surface area is 92.1 Å². The van der Waals surface area contributed by atoms with Gasteiger partial charge in [-0.25, -0.2) is 13.1 Å². The lowest BCUT2D eigenvalue weighted by molar-refractivity contribution is 0.409. The van der Waals surface area contributed by atoms with Gasteiger partial charge in [0.2, 0.25) is 16.4 Å². The van der Waals surface area contributed by atoms with Gasteiger partial charge in [0.1, 0.15) is 5.25 Å². The summed E-state index contributed by atoms with van der Waals surface area (Å²) in [7, 11) is -3.57. The Hall–Kier alpha value is -1.06. The molecule has 1 aromatic rings. The lowest BCUT2D eigenvalue weighted by Crippen LogP contribution is -2.39. The third-order valence-electron chi connectivity index (χ3n) is 1.70. The van der Waals surface area contributed by atoms with E-state index < -0.39 is 15.3 Å². The quantitative estimate of drug-likeness (QED) is 0.655. The lowest BCUT2D eigenvalue weighted by atomic mass is 10.5. The van der Waals surface area contributed by atoms with Gasteiger partial charge >= 0.3 is 0 Å². The number of aromatic nitrogens is 2. The first-order valence-corrected chi connectivity index (χ1v) is 5.92. The molecular weight excluding hydrogens is 240 g/mol. The molecule has 84 valence electrons. The summed E-state index contributed by atoms with van der Waals surface area (Å²) in [6.45, 7) is 1.35. The SMILES string of the molecule is CC(C(N)=S)S(=O)(=O)NCc1ncon1. The molecule has 0 saturated heterocycles. The minimum absolute atomic E-state index is 0.0498. The summed E-state index contributed by atoms with van der Waals surface area (Å²) in [5, 5.41) is 2.52. The van der Waals surface area contributed by atoms with Crippen LogP contribution in [0.5, 0.6) is 0 Å². The van der Waals surface area contributed by atoms with Crippen LogP contribution in [0.4, 0.5) is 0 Å². The number of rotatable bonds is 5. The maximum atomic E-state index is 11.5. The van der Waals surface area contributed by atoms with Gasteiger partial charge in [-0.05, 0) is 6.92 Å². The van der Waals surface area contributed by atoms with Crippen LogP contribution in [0.2, 0.25) is 0 Å². The van der Waals surface area contributed by atoms with Crippen molar-refractivity contribution in [3.63, 3.8) is 0 Å². The van der Waals surface area contributed by atoms with E-state index in [1.54, 1.807) is 0 Å². The first kappa shape index (κ1) is 12.0. The summed E-state index contributed by atoms with van der Waals surface area (Å²) < 4.78 is 29.7. The van der Waals surface area contributed by atoms with Crippen LogP contribution in [-0.4, -0.2) is 28.8 Å². The molecule has 1 aromatic heterocycles. The van der Waals surface area contributed by atoms with Gasteiger partial charge in [-0.2, -0.15) is 4.98 Å². The van der Waals surface area contributed by atoms with E-state index in [2.05, 4.69) is 31.6 Å². The van der Waals surface area contributed by atoms with E-state index in [-0.39, 0.29) is 17.4 Å². The van der Waals surface area contributed by atoms with Crippen LogP contribution >= 0.6 is 12.2 Å². The Bertz CT molecular complexity index is 427. The van der Waals surface area contributed by atoms with Gasteiger partial charge in [0.15, 0.2) is 5.82 Å². The van der Waals surface area contributed by atoms with Crippen LogP contribution in [0.3, 0.4) is 0 Å². The van der Waals surface area contributed by atoms with E-state index in [1.807, 2.05) is 0 Å². The minimum atomic E-state index is -3.57. The Morgan fingerprint density at radius 1 is 1.80 bits per heavy atom. The zero-order valence-electron chi connectivity index (χ0n) is 7.87. The van der Waals surface area contributed by atoms with Gasteiger partial charge < -0.3 is 10.3 Å². The predicted molar refractivity (Wildman–Crippen MR) is 56.3 cm³/mol. The fraction of sp³-hybridized carbons (Fsp3) is 0.500. The molecular formula is C6H10N4O3S2. The molecule has 3 N–H and O–H groups in total. The standard InChI is InChI=1S/C6H10N4O3S2/c1-4(6(7)14)15(11,12)9-2-5-8-3-13-10-5/h3-4,9H,2H2,1H3,(H2,7,14). The van der Waals surface area contributed by atoms with E-state index in [0.717, 1.165) is 6.39 Å². The van der Waals surface area contributed by atoms with Crippen molar-refractivity contribution >= 4 is 27.2 Å². The van der Waals surface area contributed by atoms with Gasteiger partial charge in [0, 0.05) is 0 Å². The zero-order chi connectivity index (χ0) is 11.5. The third kappa shape index (κ3) is 3.22. The van der Waals surface area contributed by atoms with Crippen molar-refractivity contribution in [2.45, 2.75) is 18.7 Å². The summed E-state index contributed by atoms with van der Waals surface area (Å²) >= 11 is 4.59. The van der Waals surface area contributed by atoms with E-state index >= 15 is 0 Å². The number of nitrogens with two attached hydrogens (primary N) is 1. The maximum absolute atomic E-state index is 11.5. The summed E-state index contributed by atoms with van der Waals surface area (Å²) in [5.74, 6) is 0.244. The van der Waals surface area contributed by atoms with E-state index in [4.69, 9.17) is 5.73 Å². The normalized spacial score (nSPS) is 13.7. The topological polar surface area (TPSA) is 111 Å². The molecule has 1 unspecified atom stereocenters. The van der Waals surface area contributed by atoms with Gasteiger partial charge in [-0.15, -0.1) is 0 Å². The first-order chi connectivity index (χ1) is 6.93. The molecule has 1 rings (SSSR count). The highest BCUT2D eigenvalue weighted by molar-refractivity contribution is 7.93. The Kier molecular flexibility index (Phi) is 3.72. The molecule has 0 aromatic carbocycles. The molecule has 0 amide bonds. The number of nitrogens with zero attached hydrogens (tertiary/aromatic N) is 2. The van der Waals surface area contributed by atoms with Gasteiger partial charge in [0.05, 0.1) is 11.5 Å². The van der Waals surface area contributed by atoms with Crippen LogP contribution in [0.1, 0.15) is 12.7 Å². The Morgan fingerprint density at radius 2 is 2.47 bits per heavy atom. The van der Waals surface area contributed by atoms with Crippen molar-refractivity contribution in [2.75, 3.05) is 0 Å². The average Bonchev–Trinajstić information content (AvgIpc) is 2.66. The molecule has 0 bridgehead atoms. The van der Waals surface area contributed by atoms with Crippen LogP contribution in [-0.2, 0) is 16.6 Å². The molecule has 0 spiro atoms. The molecule has 0 aliphatic carbocycles. The highest BCUT2D eigenvalue weighted by atomic mass is 32.2. The lowest BCUT2D eigenvalue weighted by Gasteiger charge is -2.10. The highest BCUT2D eigenvalue weighted by Gasteiger charge is 2.23. The number of nitrogens with one attached hydrogen (secondary N) is 1. The molecule has 0 aliphatic rings. The number of sulfonamides is 1. The molecule has 0 aliphatic heterocycles. The predicted octanol–water partition coefficient (Wildman–Crippen LogP) is -0.836. The Morgan fingerprint density at radius 3 is 2.93 bits per heavy atom. The largest absolute Gasteiger partial charge is 0.392 e. The number of hydrogen-bond acceptors (Lipinski definition) is 6. The molecule has 9 heteroatoms. The van der Waals surface area contributed by atoms with E-state index in [9.17, 15) is 8.42 Å². The van der Waals surface area contributed by atoms with Crippen molar-refractivity contribution in [1.29, 1.82) is 0 Å². The molecule has 1 atom stereocenters. The second-order valence-corrected chi connectivity index (χ2v) is 5.32. The summed E-state index contributed by atoms with van der Waals surface area (Å²) in [6.07, 6.45) is 1.11. The van der Waals surface area contributed by atoms with Crippen molar-refractivity contribution in [2.24, 2.45) is 5.73 Å². The van der Waals surface area contributed by atoms with Crippen LogP contribution in [0.15, 0.2) is 10.9 Å². The highest BCUT2D eigenvalue weighted by Crippen LogP contribution is 1.99. The zero-order valence-corrected chi connectivity index (χ0v) is 9.51. The molecule has 0 saturated carbocycles. The van der Waals surface area contributed by atoms with Crippen LogP contribution in [0.25, 0.3) is 0 Å². The third-order valence-corrected chi connectivity index (χ3v) is 3.94. The monoisotopic (exact) mass is 250 g/mol. The smallest absolute Gasteiger partial charge is 0.221 e. The van der Waals surface area contributed by atoms with Crippen molar-refractivity contribution in [3.8, 4) is 0 Å². The average molecular weight is 250 g/mol. The summed E-state index contributed by atoms with van der Waals surface area (Å²) in [4.78, 5) is 3.57. The molecule has 7 nitrogen and oxygen atoms in total. The summed E-state index contributed by atoms with van der Waals surface area (Å²) in [5.41, 5.74) is 5.23. The summed E-state index contributed by atoms with van der Waals surface area (Å²) in [6, 6.07) is 0. The van der Waals surface area contributed by atoms with Crippen molar-refractivity contribution < 1.29 is 12.9 Å². The fourth-order valence-electron chi connectivity index (χ4n) is 0.713. The van der Waals surface area contributed by atoms with Crippen molar-refractivity contribution in [3.05, 3.63) is 12.2 Å². The fourth-order valence-corrected chi connectivity index (χ4v) is 1.98. The number of thiocarbonyl (C=S) groups is 1. The van der Waals surface area contributed by atoms with Crippen LogP contribution in [0, 0.1) is 0 Å². The Balaban J connectivity index is 2.62. The second kappa shape index (κ2) is 4.64. The molecule has 15 heavy (non-hydrogen) atoms. The van der Waals surface area contributed by atoms with Gasteiger partial charge in [-0.3, -0.25) is 0 Å². The number of hydrogen-bond donors (Lipinski definition) is 2. The van der Waals surface area contributed by atoms with E-state index in [1.165, 1.54) is 6.92 Å². The molecule has 0 fully saturated rings. The van der Waals surface area contributed by atoms with Crippen LogP contribution < -0.4 is 10.5 Å². The molecule has 0 radical (unpaired) electrons.